The molecule has 0 aromatic heterocycles. The Kier molecular flexibility index (Phi) is 4.72. The highest BCUT2D eigenvalue weighted by atomic mass is 16.5. The van der Waals surface area contributed by atoms with Crippen molar-refractivity contribution < 1.29 is 14.6 Å². The molecule has 1 aromatic rings. The number of nitrogens with two attached hydrogens (primary N) is 1. The van der Waals surface area contributed by atoms with E-state index in [1.165, 1.54) is 6.08 Å². The summed E-state index contributed by atoms with van der Waals surface area (Å²) in [6.07, 6.45) is 2.51. The lowest BCUT2D eigenvalue weighted by Crippen LogP contribution is -2.08. The summed E-state index contributed by atoms with van der Waals surface area (Å²) in [5.41, 5.74) is 7.70. The van der Waals surface area contributed by atoms with E-state index in [9.17, 15) is 4.79 Å². The molecule has 0 saturated carbocycles. The lowest BCUT2D eigenvalue weighted by molar-refractivity contribution is -0.131. The van der Waals surface area contributed by atoms with E-state index >= 15 is 0 Å². The van der Waals surface area contributed by atoms with Gasteiger partial charge in [0.05, 0.1) is 6.61 Å². The standard InChI is InChI=1S/C13H17NO3/c1-3-17-12-6-4-10(8-9(12)2)11(14)5-7-13(15)16/h4-8,11H,3,14H2,1-2H3,(H,15,16)/b7-5+. The molecule has 1 rings (SSSR count). The summed E-state index contributed by atoms with van der Waals surface area (Å²) in [6.45, 7) is 4.47. The van der Waals surface area contributed by atoms with Crippen molar-refractivity contribution in [2.45, 2.75) is 19.9 Å². The van der Waals surface area contributed by atoms with Crippen LogP contribution in [0.1, 0.15) is 24.1 Å². The van der Waals surface area contributed by atoms with Gasteiger partial charge in [-0.2, -0.15) is 0 Å². The summed E-state index contributed by atoms with van der Waals surface area (Å²) in [4.78, 5) is 10.4. The van der Waals surface area contributed by atoms with Crippen LogP contribution in [0.2, 0.25) is 0 Å². The molecule has 0 fully saturated rings. The van der Waals surface area contributed by atoms with E-state index in [4.69, 9.17) is 15.6 Å². The van der Waals surface area contributed by atoms with Gasteiger partial charge in [-0.25, -0.2) is 4.79 Å². The molecule has 17 heavy (non-hydrogen) atoms. The van der Waals surface area contributed by atoms with Crippen LogP contribution in [0.5, 0.6) is 5.75 Å². The first-order chi connectivity index (χ1) is 8.04. The van der Waals surface area contributed by atoms with Gasteiger partial charge in [0.1, 0.15) is 5.75 Å². The van der Waals surface area contributed by atoms with Crippen molar-refractivity contribution in [2.24, 2.45) is 5.73 Å². The predicted molar refractivity (Wildman–Crippen MR) is 66.1 cm³/mol. The molecular formula is C13H17NO3. The predicted octanol–water partition coefficient (Wildman–Crippen LogP) is 2.03. The Morgan fingerprint density at radius 2 is 2.29 bits per heavy atom. The Balaban J connectivity index is 2.85. The van der Waals surface area contributed by atoms with Crippen molar-refractivity contribution in [3.63, 3.8) is 0 Å². The van der Waals surface area contributed by atoms with Gasteiger partial charge in [-0.3, -0.25) is 0 Å². The fourth-order valence-electron chi connectivity index (χ4n) is 1.49. The van der Waals surface area contributed by atoms with Gasteiger partial charge in [0, 0.05) is 12.1 Å². The molecule has 0 radical (unpaired) electrons. The third-order valence-corrected chi connectivity index (χ3v) is 2.33. The Bertz CT molecular complexity index is 427. The minimum Gasteiger partial charge on any atom is -0.494 e. The third kappa shape index (κ3) is 3.92. The molecule has 4 heteroatoms. The largest absolute Gasteiger partial charge is 0.494 e. The molecule has 1 aromatic carbocycles. The molecule has 4 nitrogen and oxygen atoms in total. The van der Waals surface area contributed by atoms with Gasteiger partial charge >= 0.3 is 5.97 Å². The maximum atomic E-state index is 10.4. The summed E-state index contributed by atoms with van der Waals surface area (Å²) in [7, 11) is 0. The van der Waals surface area contributed by atoms with Crippen molar-refractivity contribution >= 4 is 5.97 Å². The number of aryl methyl sites for hydroxylation is 1. The van der Waals surface area contributed by atoms with Crippen LogP contribution in [-0.4, -0.2) is 17.7 Å². The van der Waals surface area contributed by atoms with Gasteiger partial charge in [0.2, 0.25) is 0 Å². The van der Waals surface area contributed by atoms with Crippen LogP contribution in [0.4, 0.5) is 0 Å². The molecule has 0 aliphatic carbocycles. The fraction of sp³-hybridized carbons (Fsp3) is 0.308. The van der Waals surface area contributed by atoms with Crippen LogP contribution in [0.3, 0.4) is 0 Å². The summed E-state index contributed by atoms with van der Waals surface area (Å²) in [6, 6.07) is 5.18. The van der Waals surface area contributed by atoms with Crippen molar-refractivity contribution in [3.8, 4) is 5.75 Å². The van der Waals surface area contributed by atoms with Gasteiger partial charge in [-0.15, -0.1) is 0 Å². The van der Waals surface area contributed by atoms with E-state index in [1.807, 2.05) is 32.0 Å². The second-order valence-corrected chi connectivity index (χ2v) is 3.68. The number of ether oxygens (including phenoxy) is 1. The zero-order chi connectivity index (χ0) is 12.8. The Morgan fingerprint density at radius 1 is 1.59 bits per heavy atom. The summed E-state index contributed by atoms with van der Waals surface area (Å²) in [5.74, 6) is -0.172. The van der Waals surface area contributed by atoms with Crippen LogP contribution in [0, 0.1) is 6.92 Å². The molecular weight excluding hydrogens is 218 g/mol. The van der Waals surface area contributed by atoms with Crippen molar-refractivity contribution in [3.05, 3.63) is 41.5 Å². The highest BCUT2D eigenvalue weighted by Crippen LogP contribution is 2.22. The average Bonchev–Trinajstić information content (AvgIpc) is 2.28. The Morgan fingerprint density at radius 3 is 2.82 bits per heavy atom. The molecule has 0 amide bonds. The zero-order valence-electron chi connectivity index (χ0n) is 10.0. The SMILES string of the molecule is CCOc1ccc(C(N)/C=C/C(=O)O)cc1C. The van der Waals surface area contributed by atoms with Gasteiger partial charge in [-0.1, -0.05) is 18.2 Å². The number of aliphatic carboxylic acids is 1. The van der Waals surface area contributed by atoms with Crippen LogP contribution in [0.15, 0.2) is 30.4 Å². The van der Waals surface area contributed by atoms with E-state index in [2.05, 4.69) is 0 Å². The van der Waals surface area contributed by atoms with E-state index in [0.717, 1.165) is 23.0 Å². The number of carboxylic acids is 1. The molecule has 0 saturated heterocycles. The first kappa shape index (κ1) is 13.3. The minimum absolute atomic E-state index is 0.416. The van der Waals surface area contributed by atoms with Crippen molar-refractivity contribution in [2.75, 3.05) is 6.61 Å². The summed E-state index contributed by atoms with van der Waals surface area (Å²) < 4.78 is 5.42. The maximum Gasteiger partial charge on any atom is 0.328 e. The van der Waals surface area contributed by atoms with E-state index in [-0.39, 0.29) is 0 Å². The molecule has 3 N–H and O–H groups in total. The third-order valence-electron chi connectivity index (χ3n) is 2.33. The monoisotopic (exact) mass is 235 g/mol. The van der Waals surface area contributed by atoms with Gasteiger partial charge in [0.15, 0.2) is 0 Å². The fourth-order valence-corrected chi connectivity index (χ4v) is 1.49. The van der Waals surface area contributed by atoms with Gasteiger partial charge in [0.25, 0.3) is 0 Å². The molecule has 1 atom stereocenters. The molecule has 0 bridgehead atoms. The number of hydrogen-bond donors (Lipinski definition) is 2. The highest BCUT2D eigenvalue weighted by Gasteiger charge is 2.06. The lowest BCUT2D eigenvalue weighted by Gasteiger charge is -2.11. The van der Waals surface area contributed by atoms with Crippen molar-refractivity contribution in [1.82, 2.24) is 0 Å². The van der Waals surface area contributed by atoms with Crippen LogP contribution in [0.25, 0.3) is 0 Å². The number of rotatable bonds is 5. The average molecular weight is 235 g/mol. The molecule has 92 valence electrons. The quantitative estimate of drug-likeness (QED) is 0.766. The Labute approximate surface area is 101 Å². The molecule has 0 spiro atoms. The second-order valence-electron chi connectivity index (χ2n) is 3.68. The number of hydrogen-bond acceptors (Lipinski definition) is 3. The lowest BCUT2D eigenvalue weighted by atomic mass is 10.0. The molecule has 1 unspecified atom stereocenters. The first-order valence-corrected chi connectivity index (χ1v) is 5.44. The topological polar surface area (TPSA) is 72.5 Å². The number of carbonyl (C=O) groups is 1. The van der Waals surface area contributed by atoms with Crippen LogP contribution < -0.4 is 10.5 Å². The van der Waals surface area contributed by atoms with Gasteiger partial charge in [-0.05, 0) is 31.0 Å². The minimum atomic E-state index is -0.997. The van der Waals surface area contributed by atoms with Crippen molar-refractivity contribution in [1.29, 1.82) is 0 Å². The maximum absolute atomic E-state index is 10.4. The van der Waals surface area contributed by atoms with Crippen LogP contribution >= 0.6 is 0 Å². The smallest absolute Gasteiger partial charge is 0.328 e. The van der Waals surface area contributed by atoms with Crippen LogP contribution in [-0.2, 0) is 4.79 Å². The molecule has 0 heterocycles. The number of carboxylic acid groups (broad SMARTS) is 1. The van der Waals surface area contributed by atoms with Gasteiger partial charge < -0.3 is 15.6 Å². The molecule has 0 aliphatic rings. The summed E-state index contributed by atoms with van der Waals surface area (Å²) >= 11 is 0. The highest BCUT2D eigenvalue weighted by molar-refractivity contribution is 5.79. The first-order valence-electron chi connectivity index (χ1n) is 5.44. The van der Waals surface area contributed by atoms with E-state index < -0.39 is 12.0 Å². The van der Waals surface area contributed by atoms with E-state index in [0.29, 0.717) is 6.61 Å². The Hall–Kier alpha value is -1.81. The summed E-state index contributed by atoms with van der Waals surface area (Å²) in [5, 5.41) is 8.52. The second kappa shape index (κ2) is 6.06. The van der Waals surface area contributed by atoms with E-state index in [1.54, 1.807) is 0 Å². The normalized spacial score (nSPS) is 12.6. The number of benzene rings is 1. The zero-order valence-corrected chi connectivity index (χ0v) is 10.0. The molecule has 0 aliphatic heterocycles.